The van der Waals surface area contributed by atoms with E-state index in [2.05, 4.69) is 30.9 Å². The van der Waals surface area contributed by atoms with Gasteiger partial charge in [-0.2, -0.15) is 4.98 Å². The van der Waals surface area contributed by atoms with Crippen LogP contribution in [0.25, 0.3) is 0 Å². The van der Waals surface area contributed by atoms with E-state index in [1.807, 2.05) is 24.8 Å². The van der Waals surface area contributed by atoms with Gasteiger partial charge in [-0.25, -0.2) is 4.98 Å². The van der Waals surface area contributed by atoms with Gasteiger partial charge in [0.25, 0.3) is 5.91 Å². The predicted molar refractivity (Wildman–Crippen MR) is 93.0 cm³/mol. The number of hydrogen-bond acceptors (Lipinski definition) is 5. The van der Waals surface area contributed by atoms with Gasteiger partial charge in [-0.15, -0.1) is 0 Å². The molecule has 0 unspecified atom stereocenters. The summed E-state index contributed by atoms with van der Waals surface area (Å²) in [6.45, 7) is 5.11. The van der Waals surface area contributed by atoms with E-state index in [0.717, 1.165) is 23.0 Å². The summed E-state index contributed by atoms with van der Waals surface area (Å²) >= 11 is 3.35. The van der Waals surface area contributed by atoms with Crippen LogP contribution < -0.4 is 4.74 Å². The van der Waals surface area contributed by atoms with Crippen LogP contribution in [0.5, 0.6) is 5.88 Å². The van der Waals surface area contributed by atoms with E-state index in [1.54, 1.807) is 18.5 Å². The highest BCUT2D eigenvalue weighted by Gasteiger charge is 2.25. The lowest BCUT2D eigenvalue weighted by Gasteiger charge is -2.32. The number of aromatic nitrogens is 3. The highest BCUT2D eigenvalue weighted by molar-refractivity contribution is 9.10. The summed E-state index contributed by atoms with van der Waals surface area (Å²) in [5.74, 6) is 1.33. The molecule has 3 rings (SSSR count). The lowest BCUT2D eigenvalue weighted by molar-refractivity contribution is 0.0587. The maximum atomic E-state index is 12.5. The molecule has 24 heavy (non-hydrogen) atoms. The van der Waals surface area contributed by atoms with Gasteiger partial charge in [0, 0.05) is 54.6 Å². The van der Waals surface area contributed by atoms with Gasteiger partial charge in [0.15, 0.2) is 0 Å². The average molecular weight is 391 g/mol. The van der Waals surface area contributed by atoms with Crippen LogP contribution in [0.1, 0.15) is 34.7 Å². The molecule has 1 saturated heterocycles. The fourth-order valence-electron chi connectivity index (χ4n) is 2.80. The second-order valence-electron chi connectivity index (χ2n) is 5.90. The number of hydrogen-bond donors (Lipinski definition) is 0. The van der Waals surface area contributed by atoms with Gasteiger partial charge in [0.05, 0.1) is 5.56 Å². The smallest absolute Gasteiger partial charge is 0.255 e. The Morgan fingerprint density at radius 2 is 1.96 bits per heavy atom. The van der Waals surface area contributed by atoms with Crippen molar-refractivity contribution in [3.63, 3.8) is 0 Å². The summed E-state index contributed by atoms with van der Waals surface area (Å²) in [5, 5.41) is 0. The Labute approximate surface area is 149 Å². The predicted octanol–water partition coefficient (Wildman–Crippen LogP) is 2.93. The van der Waals surface area contributed by atoms with Gasteiger partial charge in [-0.1, -0.05) is 0 Å². The third-order valence-corrected chi connectivity index (χ3v) is 4.34. The molecule has 1 aliphatic heterocycles. The molecule has 0 atom stereocenters. The van der Waals surface area contributed by atoms with Crippen molar-refractivity contribution in [1.29, 1.82) is 0 Å². The number of rotatable bonds is 3. The molecule has 3 heterocycles. The molecule has 126 valence electrons. The number of piperidine rings is 1. The van der Waals surface area contributed by atoms with E-state index in [0.29, 0.717) is 30.4 Å². The van der Waals surface area contributed by atoms with Crippen LogP contribution in [-0.2, 0) is 0 Å². The first-order chi connectivity index (χ1) is 11.5. The minimum atomic E-state index is 0.0102. The van der Waals surface area contributed by atoms with Crippen LogP contribution >= 0.6 is 15.9 Å². The van der Waals surface area contributed by atoms with Crippen molar-refractivity contribution in [3.8, 4) is 5.88 Å². The Kier molecular flexibility index (Phi) is 5.08. The second-order valence-corrected chi connectivity index (χ2v) is 6.81. The molecule has 0 N–H and O–H groups in total. The number of likely N-dealkylation sites (tertiary alicyclic amines) is 1. The highest BCUT2D eigenvalue weighted by Crippen LogP contribution is 2.20. The van der Waals surface area contributed by atoms with Crippen molar-refractivity contribution in [2.24, 2.45) is 0 Å². The monoisotopic (exact) mass is 390 g/mol. The van der Waals surface area contributed by atoms with Gasteiger partial charge < -0.3 is 9.64 Å². The van der Waals surface area contributed by atoms with E-state index in [9.17, 15) is 4.79 Å². The molecule has 1 fully saturated rings. The second kappa shape index (κ2) is 7.25. The molecular weight excluding hydrogens is 372 g/mol. The van der Waals surface area contributed by atoms with Crippen LogP contribution in [-0.4, -0.2) is 45.0 Å². The lowest BCUT2D eigenvalue weighted by atomic mass is 10.1. The van der Waals surface area contributed by atoms with Gasteiger partial charge >= 0.3 is 0 Å². The molecule has 0 spiro atoms. The van der Waals surface area contributed by atoms with Crippen molar-refractivity contribution < 1.29 is 9.53 Å². The summed E-state index contributed by atoms with van der Waals surface area (Å²) in [6.07, 6.45) is 4.92. The van der Waals surface area contributed by atoms with Crippen molar-refractivity contribution in [2.45, 2.75) is 32.8 Å². The number of pyridine rings is 1. The third-order valence-electron chi connectivity index (χ3n) is 3.91. The van der Waals surface area contributed by atoms with Crippen LogP contribution in [0.15, 0.2) is 29.0 Å². The summed E-state index contributed by atoms with van der Waals surface area (Å²) in [4.78, 5) is 27.0. The molecule has 0 aromatic carbocycles. The Morgan fingerprint density at radius 3 is 2.62 bits per heavy atom. The molecule has 2 aromatic heterocycles. The maximum absolute atomic E-state index is 12.5. The fraction of sp³-hybridized carbons (Fsp3) is 0.412. The van der Waals surface area contributed by atoms with Crippen LogP contribution in [0.2, 0.25) is 0 Å². The van der Waals surface area contributed by atoms with Crippen LogP contribution in [0, 0.1) is 13.8 Å². The van der Waals surface area contributed by atoms with Gasteiger partial charge in [-0.05, 0) is 35.8 Å². The van der Waals surface area contributed by atoms with E-state index in [-0.39, 0.29) is 12.0 Å². The van der Waals surface area contributed by atoms with Gasteiger partial charge in [0.1, 0.15) is 11.9 Å². The first kappa shape index (κ1) is 16.8. The number of carbonyl (C=O) groups excluding carboxylic acids is 1. The number of aryl methyl sites for hydroxylation is 2. The fourth-order valence-corrected chi connectivity index (χ4v) is 3.17. The summed E-state index contributed by atoms with van der Waals surface area (Å²) in [6, 6.07) is 3.64. The topological polar surface area (TPSA) is 68.2 Å². The number of halogens is 1. The van der Waals surface area contributed by atoms with E-state index < -0.39 is 0 Å². The van der Waals surface area contributed by atoms with Crippen molar-refractivity contribution >= 4 is 21.8 Å². The zero-order valence-corrected chi connectivity index (χ0v) is 15.3. The third kappa shape index (κ3) is 4.08. The van der Waals surface area contributed by atoms with Gasteiger partial charge in [0.2, 0.25) is 5.88 Å². The summed E-state index contributed by atoms with van der Waals surface area (Å²) in [5.41, 5.74) is 1.50. The Bertz CT molecular complexity index is 725. The molecule has 1 amide bonds. The van der Waals surface area contributed by atoms with Crippen LogP contribution in [0.4, 0.5) is 0 Å². The molecule has 7 heteroatoms. The number of ether oxygens (including phenoxy) is 1. The molecule has 2 aromatic rings. The lowest BCUT2D eigenvalue weighted by Crippen LogP contribution is -2.41. The Hall–Kier alpha value is -2.02. The zero-order valence-electron chi connectivity index (χ0n) is 13.7. The minimum absolute atomic E-state index is 0.0102. The molecule has 0 radical (unpaired) electrons. The SMILES string of the molecule is Cc1cc(OC2CCN(C(=O)c3cncc(Br)c3)CC2)nc(C)n1. The van der Waals surface area contributed by atoms with Crippen molar-refractivity contribution in [3.05, 3.63) is 46.1 Å². The summed E-state index contributed by atoms with van der Waals surface area (Å²) < 4.78 is 6.77. The number of carbonyl (C=O) groups is 1. The first-order valence-corrected chi connectivity index (χ1v) is 8.69. The highest BCUT2D eigenvalue weighted by atomic mass is 79.9. The molecule has 1 aliphatic rings. The maximum Gasteiger partial charge on any atom is 0.255 e. The largest absolute Gasteiger partial charge is 0.474 e. The average Bonchev–Trinajstić information content (AvgIpc) is 2.54. The van der Waals surface area contributed by atoms with Crippen molar-refractivity contribution in [1.82, 2.24) is 19.9 Å². The number of amides is 1. The Balaban J connectivity index is 1.58. The van der Waals surface area contributed by atoms with Crippen molar-refractivity contribution in [2.75, 3.05) is 13.1 Å². The summed E-state index contributed by atoms with van der Waals surface area (Å²) in [7, 11) is 0. The van der Waals surface area contributed by atoms with E-state index in [1.165, 1.54) is 0 Å². The molecule has 0 bridgehead atoms. The molecule has 6 nitrogen and oxygen atoms in total. The number of nitrogens with zero attached hydrogens (tertiary/aromatic N) is 4. The van der Waals surface area contributed by atoms with Crippen LogP contribution in [0.3, 0.4) is 0 Å². The molecular formula is C17H19BrN4O2. The standard InChI is InChI=1S/C17H19BrN4O2/c1-11-7-16(21-12(2)20-11)24-15-3-5-22(6-4-15)17(23)13-8-14(18)10-19-9-13/h7-10,15H,3-6H2,1-2H3. The normalized spacial score (nSPS) is 15.4. The molecule has 0 saturated carbocycles. The zero-order chi connectivity index (χ0) is 17.1. The molecule has 0 aliphatic carbocycles. The minimum Gasteiger partial charge on any atom is -0.474 e. The first-order valence-electron chi connectivity index (χ1n) is 7.90. The van der Waals surface area contributed by atoms with E-state index >= 15 is 0 Å². The quantitative estimate of drug-likeness (QED) is 0.805. The van der Waals surface area contributed by atoms with E-state index in [4.69, 9.17) is 4.74 Å². The Morgan fingerprint density at radius 1 is 1.21 bits per heavy atom. The van der Waals surface area contributed by atoms with Gasteiger partial charge in [-0.3, -0.25) is 9.78 Å².